The number of halogens is 2. The third-order valence-electron chi connectivity index (χ3n) is 4.16. The molecule has 0 radical (unpaired) electrons. The van der Waals surface area contributed by atoms with Crippen molar-refractivity contribution in [1.82, 2.24) is 0 Å². The lowest BCUT2D eigenvalue weighted by molar-refractivity contribution is 0.0885. The molecule has 4 heteroatoms. The molecule has 1 aromatic rings. The number of rotatable bonds is 3. The van der Waals surface area contributed by atoms with Crippen molar-refractivity contribution >= 4 is 11.6 Å². The van der Waals surface area contributed by atoms with Gasteiger partial charge in [-0.1, -0.05) is 17.7 Å². The molecule has 2 nitrogen and oxygen atoms in total. The third kappa shape index (κ3) is 2.27. The first-order valence-corrected chi connectivity index (χ1v) is 6.86. The van der Waals surface area contributed by atoms with Gasteiger partial charge in [0, 0.05) is 12.0 Å². The van der Waals surface area contributed by atoms with E-state index in [1.165, 1.54) is 12.5 Å². The number of benzene rings is 1. The second-order valence-corrected chi connectivity index (χ2v) is 5.80. The molecule has 1 aromatic carbocycles. The molecule has 2 heterocycles. The molecule has 2 aliphatic rings. The van der Waals surface area contributed by atoms with Gasteiger partial charge in [-0.25, -0.2) is 4.39 Å². The van der Waals surface area contributed by atoms with Crippen molar-refractivity contribution in [2.24, 2.45) is 11.7 Å². The Morgan fingerprint density at radius 1 is 1.44 bits per heavy atom. The maximum atomic E-state index is 13.4. The van der Waals surface area contributed by atoms with E-state index in [2.05, 4.69) is 0 Å². The van der Waals surface area contributed by atoms with E-state index in [9.17, 15) is 4.39 Å². The smallest absolute Gasteiger partial charge is 0.142 e. The Kier molecular flexibility index (Phi) is 3.31. The fourth-order valence-corrected chi connectivity index (χ4v) is 3.34. The highest BCUT2D eigenvalue weighted by atomic mass is 35.5. The van der Waals surface area contributed by atoms with Crippen molar-refractivity contribution in [2.75, 3.05) is 0 Å². The zero-order valence-corrected chi connectivity index (χ0v) is 10.9. The summed E-state index contributed by atoms with van der Waals surface area (Å²) >= 11 is 5.67. The molecule has 4 atom stereocenters. The van der Waals surface area contributed by atoms with E-state index < -0.39 is 0 Å². The predicted molar refractivity (Wildman–Crippen MR) is 69.1 cm³/mol. The van der Waals surface area contributed by atoms with Gasteiger partial charge in [0.05, 0.1) is 17.2 Å². The first-order chi connectivity index (χ1) is 8.63. The molecular formula is C14H17ClFNO. The second-order valence-electron chi connectivity index (χ2n) is 5.39. The van der Waals surface area contributed by atoms with E-state index in [0.29, 0.717) is 24.5 Å². The third-order valence-corrected chi connectivity index (χ3v) is 4.46. The molecule has 2 aliphatic heterocycles. The van der Waals surface area contributed by atoms with Crippen LogP contribution in [-0.4, -0.2) is 18.2 Å². The predicted octanol–water partition coefficient (Wildman–Crippen LogP) is 2.92. The Bertz CT molecular complexity index is 453. The van der Waals surface area contributed by atoms with Crippen molar-refractivity contribution in [3.05, 3.63) is 34.6 Å². The average Bonchev–Trinajstić information content (AvgIpc) is 2.96. The largest absolute Gasteiger partial charge is 0.375 e. The Labute approximate surface area is 111 Å². The maximum absolute atomic E-state index is 13.4. The summed E-state index contributed by atoms with van der Waals surface area (Å²) in [6.45, 7) is 0. The van der Waals surface area contributed by atoms with Crippen LogP contribution in [0.3, 0.4) is 0 Å². The van der Waals surface area contributed by atoms with E-state index in [0.717, 1.165) is 18.4 Å². The summed E-state index contributed by atoms with van der Waals surface area (Å²) < 4.78 is 19.2. The van der Waals surface area contributed by atoms with Gasteiger partial charge in [-0.3, -0.25) is 0 Å². The van der Waals surface area contributed by atoms with Gasteiger partial charge in [0.25, 0.3) is 0 Å². The minimum absolute atomic E-state index is 0.0425. The number of nitrogens with two attached hydrogens (primary N) is 1. The number of ether oxygens (including phenoxy) is 1. The highest BCUT2D eigenvalue weighted by Gasteiger charge is 2.43. The minimum atomic E-state index is -0.370. The van der Waals surface area contributed by atoms with Crippen LogP contribution in [0.5, 0.6) is 0 Å². The number of fused-ring (bicyclic) bond motifs is 2. The van der Waals surface area contributed by atoms with Crippen LogP contribution in [0.1, 0.15) is 24.8 Å². The summed E-state index contributed by atoms with van der Waals surface area (Å²) in [5.41, 5.74) is 7.16. The monoisotopic (exact) mass is 269 g/mol. The Hall–Kier alpha value is -0.640. The van der Waals surface area contributed by atoms with Crippen molar-refractivity contribution in [3.63, 3.8) is 0 Å². The zero-order valence-electron chi connectivity index (χ0n) is 10.1. The van der Waals surface area contributed by atoms with Gasteiger partial charge in [-0.15, -0.1) is 0 Å². The van der Waals surface area contributed by atoms with Crippen LogP contribution in [0.15, 0.2) is 18.2 Å². The van der Waals surface area contributed by atoms with Gasteiger partial charge in [0.1, 0.15) is 5.82 Å². The summed E-state index contributed by atoms with van der Waals surface area (Å²) in [6, 6.07) is 4.96. The van der Waals surface area contributed by atoms with Gasteiger partial charge in [-0.05, 0) is 43.4 Å². The maximum Gasteiger partial charge on any atom is 0.142 e. The SMILES string of the molecule is NC(Cc1ccc(Cl)c(F)c1)C1CC2CCC1O2. The quantitative estimate of drug-likeness (QED) is 0.916. The van der Waals surface area contributed by atoms with Crippen LogP contribution in [0, 0.1) is 11.7 Å². The van der Waals surface area contributed by atoms with Crippen LogP contribution in [0.4, 0.5) is 4.39 Å². The molecule has 98 valence electrons. The van der Waals surface area contributed by atoms with E-state index in [4.69, 9.17) is 22.1 Å². The number of hydrogen-bond acceptors (Lipinski definition) is 2. The zero-order chi connectivity index (χ0) is 12.7. The van der Waals surface area contributed by atoms with Crippen molar-refractivity contribution in [1.29, 1.82) is 0 Å². The summed E-state index contributed by atoms with van der Waals surface area (Å²) in [6.07, 6.45) is 4.77. The summed E-state index contributed by atoms with van der Waals surface area (Å²) in [4.78, 5) is 0. The Morgan fingerprint density at radius 2 is 2.28 bits per heavy atom. The van der Waals surface area contributed by atoms with Gasteiger partial charge in [-0.2, -0.15) is 0 Å². The molecule has 2 saturated heterocycles. The molecular weight excluding hydrogens is 253 g/mol. The van der Waals surface area contributed by atoms with Crippen LogP contribution >= 0.6 is 11.6 Å². The second kappa shape index (κ2) is 4.80. The standard InChI is InChI=1S/C14H17ClFNO/c15-11-3-1-8(5-12(11)16)6-13(17)10-7-9-2-4-14(10)18-9/h1,3,5,9-10,13-14H,2,4,6-7,17H2. The molecule has 0 spiro atoms. The summed E-state index contributed by atoms with van der Waals surface area (Å²) in [5.74, 6) is 0.0491. The highest BCUT2D eigenvalue weighted by molar-refractivity contribution is 6.30. The van der Waals surface area contributed by atoms with Crippen molar-refractivity contribution < 1.29 is 9.13 Å². The fourth-order valence-electron chi connectivity index (χ4n) is 3.22. The molecule has 2 N–H and O–H groups in total. The molecule has 0 amide bonds. The summed E-state index contributed by atoms with van der Waals surface area (Å²) in [5, 5.41) is 0.163. The normalized spacial score (nSPS) is 31.8. The minimum Gasteiger partial charge on any atom is -0.375 e. The highest BCUT2D eigenvalue weighted by Crippen LogP contribution is 2.40. The van der Waals surface area contributed by atoms with Crippen LogP contribution in [0.25, 0.3) is 0 Å². The van der Waals surface area contributed by atoms with E-state index in [1.807, 2.05) is 6.07 Å². The molecule has 0 aliphatic carbocycles. The molecule has 2 fully saturated rings. The average molecular weight is 270 g/mol. The lowest BCUT2D eigenvalue weighted by atomic mass is 9.82. The van der Waals surface area contributed by atoms with Gasteiger partial charge in [0.2, 0.25) is 0 Å². The lowest BCUT2D eigenvalue weighted by Gasteiger charge is -2.25. The van der Waals surface area contributed by atoms with E-state index >= 15 is 0 Å². The topological polar surface area (TPSA) is 35.2 Å². The molecule has 0 aromatic heterocycles. The molecule has 18 heavy (non-hydrogen) atoms. The van der Waals surface area contributed by atoms with Gasteiger partial charge < -0.3 is 10.5 Å². The van der Waals surface area contributed by atoms with Gasteiger partial charge in [0.15, 0.2) is 0 Å². The number of hydrogen-bond donors (Lipinski definition) is 1. The van der Waals surface area contributed by atoms with Crippen LogP contribution in [0.2, 0.25) is 5.02 Å². The first kappa shape index (κ1) is 12.4. The van der Waals surface area contributed by atoms with Crippen LogP contribution in [-0.2, 0) is 11.2 Å². The van der Waals surface area contributed by atoms with Gasteiger partial charge >= 0.3 is 0 Å². The lowest BCUT2D eigenvalue weighted by Crippen LogP contribution is -2.37. The van der Waals surface area contributed by atoms with Crippen molar-refractivity contribution in [3.8, 4) is 0 Å². The van der Waals surface area contributed by atoms with Crippen LogP contribution < -0.4 is 5.73 Å². The fraction of sp³-hybridized carbons (Fsp3) is 0.571. The Balaban J connectivity index is 1.67. The van der Waals surface area contributed by atoms with E-state index in [1.54, 1.807) is 6.07 Å². The molecule has 0 saturated carbocycles. The molecule has 2 bridgehead atoms. The first-order valence-electron chi connectivity index (χ1n) is 6.48. The van der Waals surface area contributed by atoms with E-state index in [-0.39, 0.29) is 16.9 Å². The summed E-state index contributed by atoms with van der Waals surface area (Å²) in [7, 11) is 0. The molecule has 4 unspecified atom stereocenters. The Morgan fingerprint density at radius 3 is 2.89 bits per heavy atom. The van der Waals surface area contributed by atoms with Crippen molar-refractivity contribution in [2.45, 2.75) is 43.9 Å². The molecule has 3 rings (SSSR count).